The molecule has 0 spiro atoms. The summed E-state index contributed by atoms with van der Waals surface area (Å²) in [5.41, 5.74) is -0.622. The van der Waals surface area contributed by atoms with Crippen molar-refractivity contribution in [2.24, 2.45) is 5.92 Å². The number of hydrogen-bond acceptors (Lipinski definition) is 3. The van der Waals surface area contributed by atoms with Crippen LogP contribution < -0.4 is 0 Å². The highest BCUT2D eigenvalue weighted by atomic mass is 16.3. The van der Waals surface area contributed by atoms with Gasteiger partial charge in [0.15, 0.2) is 11.4 Å². The van der Waals surface area contributed by atoms with Crippen molar-refractivity contribution in [1.82, 2.24) is 4.90 Å². The Balaban J connectivity index is 2.05. The summed E-state index contributed by atoms with van der Waals surface area (Å²) in [6.45, 7) is 8.17. The van der Waals surface area contributed by atoms with Gasteiger partial charge in [0.2, 0.25) is 0 Å². The molecule has 1 saturated carbocycles. The zero-order valence-corrected chi connectivity index (χ0v) is 17.2. The van der Waals surface area contributed by atoms with Gasteiger partial charge in [0.25, 0.3) is 0 Å². The molecule has 0 bridgehead atoms. The van der Waals surface area contributed by atoms with Crippen LogP contribution >= 0.6 is 0 Å². The fourth-order valence-corrected chi connectivity index (χ4v) is 4.11. The van der Waals surface area contributed by atoms with Gasteiger partial charge in [-0.3, -0.25) is 9.69 Å². The fraction of sp³-hybridized carbons (Fsp3) is 0.625. The van der Waals surface area contributed by atoms with Crippen molar-refractivity contribution < 1.29 is 9.90 Å². The molecule has 1 aliphatic carbocycles. The van der Waals surface area contributed by atoms with Crippen molar-refractivity contribution in [2.75, 3.05) is 13.1 Å². The van der Waals surface area contributed by atoms with Crippen LogP contribution in [-0.2, 0) is 10.4 Å². The van der Waals surface area contributed by atoms with Gasteiger partial charge in [-0.05, 0) is 44.7 Å². The summed E-state index contributed by atoms with van der Waals surface area (Å²) in [5, 5.41) is 11.5. The molecule has 0 radical (unpaired) electrons. The average molecular weight is 370 g/mol. The molecule has 1 unspecified atom stereocenters. The van der Waals surface area contributed by atoms with E-state index < -0.39 is 5.60 Å². The third kappa shape index (κ3) is 5.67. The van der Waals surface area contributed by atoms with Crippen molar-refractivity contribution in [3.05, 3.63) is 35.9 Å². The molecule has 3 nitrogen and oxygen atoms in total. The van der Waals surface area contributed by atoms with E-state index in [4.69, 9.17) is 0 Å². The molecule has 1 N–H and O–H groups in total. The highest BCUT2D eigenvalue weighted by Gasteiger charge is 2.44. The van der Waals surface area contributed by atoms with E-state index in [2.05, 4.69) is 37.5 Å². The lowest BCUT2D eigenvalue weighted by Crippen LogP contribution is -2.44. The van der Waals surface area contributed by atoms with Crippen molar-refractivity contribution >= 4 is 5.78 Å². The lowest BCUT2D eigenvalue weighted by molar-refractivity contribution is -0.146. The normalized spacial score (nSPS) is 17.4. The number of carbonyl (C=O) groups is 1. The van der Waals surface area contributed by atoms with E-state index >= 15 is 0 Å². The highest BCUT2D eigenvalue weighted by molar-refractivity contribution is 5.88. The second-order valence-corrected chi connectivity index (χ2v) is 7.90. The molecule has 1 aromatic rings. The van der Waals surface area contributed by atoms with Crippen molar-refractivity contribution in [3.8, 4) is 11.8 Å². The Morgan fingerprint density at radius 1 is 1.19 bits per heavy atom. The molecule has 0 aliphatic heterocycles. The van der Waals surface area contributed by atoms with Crippen LogP contribution in [0.2, 0.25) is 0 Å². The zero-order valence-electron chi connectivity index (χ0n) is 17.2. The molecule has 148 valence electrons. The minimum atomic E-state index is -1.36. The molecule has 0 aromatic heterocycles. The summed E-state index contributed by atoms with van der Waals surface area (Å²) in [6, 6.07) is 9.98. The van der Waals surface area contributed by atoms with Crippen LogP contribution in [0.15, 0.2) is 30.3 Å². The molecule has 1 aromatic carbocycles. The molecule has 0 heterocycles. The van der Waals surface area contributed by atoms with Gasteiger partial charge >= 0.3 is 0 Å². The Morgan fingerprint density at radius 3 is 2.44 bits per heavy atom. The van der Waals surface area contributed by atoms with Gasteiger partial charge in [-0.2, -0.15) is 0 Å². The summed E-state index contributed by atoms with van der Waals surface area (Å²) >= 11 is 0. The number of benzene rings is 1. The van der Waals surface area contributed by atoms with Crippen LogP contribution in [0.3, 0.4) is 0 Å². The minimum Gasteiger partial charge on any atom is -0.377 e. The number of Topliss-reactive ketones (excluding diaryl/α,β-unsaturated/α-hetero) is 1. The monoisotopic (exact) mass is 369 g/mol. The molecule has 0 amide bonds. The maximum atomic E-state index is 13.1. The Kier molecular flexibility index (Phi) is 8.54. The quantitative estimate of drug-likeness (QED) is 0.684. The first-order valence-electron chi connectivity index (χ1n) is 10.5. The van der Waals surface area contributed by atoms with Crippen LogP contribution in [0.1, 0.15) is 71.3 Å². The predicted octanol–water partition coefficient (Wildman–Crippen LogP) is 4.54. The van der Waals surface area contributed by atoms with Gasteiger partial charge in [0.05, 0.1) is 6.54 Å². The SMILES string of the molecule is CCN(CC#CCCC(=O)C(O)(c1ccccc1)C1CCCCC1)C(C)C. The third-order valence-electron chi connectivity index (χ3n) is 5.86. The zero-order chi connectivity index (χ0) is 19.7. The summed E-state index contributed by atoms with van der Waals surface area (Å²) in [4.78, 5) is 15.4. The van der Waals surface area contributed by atoms with Crippen LogP contribution in [-0.4, -0.2) is 34.9 Å². The maximum absolute atomic E-state index is 13.1. The first-order valence-corrected chi connectivity index (χ1v) is 10.5. The number of carbonyl (C=O) groups excluding carboxylic acids is 1. The summed E-state index contributed by atoms with van der Waals surface area (Å²) in [6.07, 6.45) is 6.04. The Labute approximate surface area is 165 Å². The summed E-state index contributed by atoms with van der Waals surface area (Å²) in [7, 11) is 0. The first-order chi connectivity index (χ1) is 13.0. The van der Waals surface area contributed by atoms with Crippen LogP contribution in [0.25, 0.3) is 0 Å². The number of aliphatic hydroxyl groups is 1. The Hall–Kier alpha value is -1.63. The Morgan fingerprint density at radius 2 is 1.85 bits per heavy atom. The van der Waals surface area contributed by atoms with Gasteiger partial charge in [-0.25, -0.2) is 0 Å². The van der Waals surface area contributed by atoms with Gasteiger partial charge in [0.1, 0.15) is 0 Å². The standard InChI is InChI=1S/C24H35NO2/c1-4-25(20(2)3)19-13-7-12-18-23(26)24(27,21-14-8-5-9-15-21)22-16-10-6-11-17-22/h5,8-9,14-15,20,22,27H,4,6,10-12,16-19H2,1-3H3. The van der Waals surface area contributed by atoms with Gasteiger partial charge in [-0.1, -0.05) is 62.4 Å². The van der Waals surface area contributed by atoms with Crippen molar-refractivity contribution in [1.29, 1.82) is 0 Å². The van der Waals surface area contributed by atoms with Crippen LogP contribution in [0.5, 0.6) is 0 Å². The Bertz CT molecular complexity index is 637. The van der Waals surface area contributed by atoms with Crippen molar-refractivity contribution in [3.63, 3.8) is 0 Å². The van der Waals surface area contributed by atoms with E-state index in [1.54, 1.807) is 0 Å². The lowest BCUT2D eigenvalue weighted by Gasteiger charge is -2.37. The smallest absolute Gasteiger partial charge is 0.170 e. The summed E-state index contributed by atoms with van der Waals surface area (Å²) < 4.78 is 0. The molecule has 1 aliphatic rings. The van der Waals surface area contributed by atoms with Gasteiger partial charge < -0.3 is 5.11 Å². The van der Waals surface area contributed by atoms with E-state index in [0.717, 1.165) is 44.3 Å². The van der Waals surface area contributed by atoms with Gasteiger partial charge in [-0.15, -0.1) is 5.92 Å². The van der Waals surface area contributed by atoms with Crippen molar-refractivity contribution in [2.45, 2.75) is 77.4 Å². The van der Waals surface area contributed by atoms with Crippen LogP contribution in [0.4, 0.5) is 0 Å². The fourth-order valence-electron chi connectivity index (χ4n) is 4.11. The number of ketones is 1. The minimum absolute atomic E-state index is 0.0191. The molecule has 0 saturated heterocycles. The average Bonchev–Trinajstić information content (AvgIpc) is 2.70. The lowest BCUT2D eigenvalue weighted by atomic mass is 9.70. The van der Waals surface area contributed by atoms with E-state index in [0.29, 0.717) is 18.9 Å². The van der Waals surface area contributed by atoms with E-state index in [1.807, 2.05) is 30.3 Å². The van der Waals surface area contributed by atoms with E-state index in [-0.39, 0.29) is 11.7 Å². The molecule has 1 atom stereocenters. The third-order valence-corrected chi connectivity index (χ3v) is 5.86. The molecule has 2 rings (SSSR count). The highest BCUT2D eigenvalue weighted by Crippen LogP contribution is 2.40. The number of nitrogens with zero attached hydrogens (tertiary/aromatic N) is 1. The molecular formula is C24H35NO2. The number of rotatable bonds is 8. The van der Waals surface area contributed by atoms with E-state index in [9.17, 15) is 9.90 Å². The summed E-state index contributed by atoms with van der Waals surface area (Å²) in [5.74, 6) is 6.27. The molecule has 27 heavy (non-hydrogen) atoms. The molecule has 3 heteroatoms. The van der Waals surface area contributed by atoms with Gasteiger partial charge in [0, 0.05) is 18.9 Å². The predicted molar refractivity (Wildman–Crippen MR) is 111 cm³/mol. The molecular weight excluding hydrogens is 334 g/mol. The second-order valence-electron chi connectivity index (χ2n) is 7.90. The topological polar surface area (TPSA) is 40.5 Å². The second kappa shape index (κ2) is 10.6. The largest absolute Gasteiger partial charge is 0.377 e. The van der Waals surface area contributed by atoms with Crippen LogP contribution in [0, 0.1) is 17.8 Å². The maximum Gasteiger partial charge on any atom is 0.170 e. The number of hydrogen-bond donors (Lipinski definition) is 1. The first kappa shape index (κ1) is 21.7. The molecule has 1 fully saturated rings. The van der Waals surface area contributed by atoms with E-state index in [1.165, 1.54) is 6.42 Å².